The lowest BCUT2D eigenvalue weighted by Crippen LogP contribution is -2.23. The maximum atomic E-state index is 13.0. The average Bonchev–Trinajstić information content (AvgIpc) is 3.32. The highest BCUT2D eigenvalue weighted by atomic mass is 19.1. The number of carbonyl (C=O) groups excluding carboxylic acids is 1. The first-order valence-electron chi connectivity index (χ1n) is 8.95. The van der Waals surface area contributed by atoms with Crippen molar-refractivity contribution in [1.82, 2.24) is 15.5 Å². The number of benzene rings is 1. The van der Waals surface area contributed by atoms with Gasteiger partial charge in [-0.25, -0.2) is 4.39 Å². The summed E-state index contributed by atoms with van der Waals surface area (Å²) in [6.07, 6.45) is 3.20. The molecule has 4 N–H and O–H groups in total. The summed E-state index contributed by atoms with van der Waals surface area (Å²) in [5.41, 5.74) is 7.45. The third-order valence-electron chi connectivity index (χ3n) is 4.33. The van der Waals surface area contributed by atoms with Gasteiger partial charge in [-0.2, -0.15) is 10.4 Å². The van der Waals surface area contributed by atoms with Crippen molar-refractivity contribution in [2.75, 3.05) is 12.3 Å². The highest BCUT2D eigenvalue weighted by Gasteiger charge is 2.12. The number of unbranched alkanes of at least 4 members (excludes halogenated alkanes) is 2. The van der Waals surface area contributed by atoms with Crippen LogP contribution in [0, 0.1) is 17.1 Å². The largest absolute Gasteiger partial charge is 0.451 e. The number of nitrogens with one attached hydrogen (secondary N) is 2. The first-order valence-corrected chi connectivity index (χ1v) is 8.95. The zero-order chi connectivity index (χ0) is 19.9. The van der Waals surface area contributed by atoms with Gasteiger partial charge in [0.05, 0.1) is 5.69 Å². The van der Waals surface area contributed by atoms with Crippen LogP contribution >= 0.6 is 0 Å². The highest BCUT2D eigenvalue weighted by molar-refractivity contribution is 5.92. The van der Waals surface area contributed by atoms with Crippen LogP contribution in [-0.4, -0.2) is 22.6 Å². The predicted molar refractivity (Wildman–Crippen MR) is 102 cm³/mol. The van der Waals surface area contributed by atoms with Gasteiger partial charge in [-0.05, 0) is 55.7 Å². The third-order valence-corrected chi connectivity index (χ3v) is 4.33. The van der Waals surface area contributed by atoms with Crippen molar-refractivity contribution >= 4 is 11.7 Å². The lowest BCUT2D eigenvalue weighted by atomic mass is 10.1. The number of nitrogen functional groups attached to an aromatic ring is 1. The van der Waals surface area contributed by atoms with Gasteiger partial charge >= 0.3 is 0 Å². The third kappa shape index (κ3) is 4.57. The molecule has 8 heteroatoms. The SMILES string of the molecule is N#Cc1c(N)n[nH]c1CCCCCNC(=O)c1ccc(-c2ccc(F)cc2)o1. The molecule has 144 valence electrons. The number of rotatable bonds is 8. The Hall–Kier alpha value is -3.60. The Kier molecular flexibility index (Phi) is 6.07. The fourth-order valence-electron chi connectivity index (χ4n) is 2.82. The van der Waals surface area contributed by atoms with Crippen LogP contribution in [0.4, 0.5) is 10.2 Å². The second-order valence-corrected chi connectivity index (χ2v) is 6.31. The number of aryl methyl sites for hydroxylation is 1. The van der Waals surface area contributed by atoms with E-state index in [0.717, 1.165) is 25.0 Å². The fourth-order valence-corrected chi connectivity index (χ4v) is 2.82. The molecule has 7 nitrogen and oxygen atoms in total. The van der Waals surface area contributed by atoms with Crippen molar-refractivity contribution in [2.45, 2.75) is 25.7 Å². The summed E-state index contributed by atoms with van der Waals surface area (Å²) in [5.74, 6) is 0.334. The number of carbonyl (C=O) groups is 1. The van der Waals surface area contributed by atoms with Crippen LogP contribution in [0.3, 0.4) is 0 Å². The zero-order valence-corrected chi connectivity index (χ0v) is 15.2. The molecule has 0 bridgehead atoms. The van der Waals surface area contributed by atoms with Gasteiger partial charge in [0.2, 0.25) is 0 Å². The van der Waals surface area contributed by atoms with Gasteiger partial charge in [-0.3, -0.25) is 9.89 Å². The first kappa shape index (κ1) is 19.2. The topological polar surface area (TPSA) is 121 Å². The Morgan fingerprint density at radius 3 is 2.75 bits per heavy atom. The van der Waals surface area contributed by atoms with Crippen molar-refractivity contribution in [3.8, 4) is 17.4 Å². The molecule has 1 aromatic carbocycles. The zero-order valence-electron chi connectivity index (χ0n) is 15.2. The molecule has 0 saturated carbocycles. The van der Waals surface area contributed by atoms with Crippen LogP contribution in [0.2, 0.25) is 0 Å². The Morgan fingerprint density at radius 2 is 2.00 bits per heavy atom. The van der Waals surface area contributed by atoms with Gasteiger partial charge in [0.25, 0.3) is 5.91 Å². The van der Waals surface area contributed by atoms with E-state index < -0.39 is 0 Å². The molecule has 28 heavy (non-hydrogen) atoms. The van der Waals surface area contributed by atoms with Crippen LogP contribution in [0.5, 0.6) is 0 Å². The van der Waals surface area contributed by atoms with Gasteiger partial charge in [0.15, 0.2) is 11.6 Å². The van der Waals surface area contributed by atoms with E-state index >= 15 is 0 Å². The van der Waals surface area contributed by atoms with Gasteiger partial charge < -0.3 is 15.5 Å². The van der Waals surface area contributed by atoms with Gasteiger partial charge in [-0.1, -0.05) is 6.42 Å². The molecule has 0 aliphatic rings. The number of hydrogen-bond donors (Lipinski definition) is 3. The van der Waals surface area contributed by atoms with Crippen LogP contribution in [0.1, 0.15) is 41.1 Å². The summed E-state index contributed by atoms with van der Waals surface area (Å²) in [6.45, 7) is 0.516. The van der Waals surface area contributed by atoms with Crippen LogP contribution in [0.25, 0.3) is 11.3 Å². The van der Waals surface area contributed by atoms with E-state index in [4.69, 9.17) is 15.4 Å². The highest BCUT2D eigenvalue weighted by Crippen LogP contribution is 2.22. The molecule has 3 rings (SSSR count). The maximum Gasteiger partial charge on any atom is 0.287 e. The molecule has 2 aromatic heterocycles. The molecule has 2 heterocycles. The standard InChI is InChI=1S/C20H20FN5O2/c21-14-7-5-13(6-8-14)17-9-10-18(28-17)20(27)24-11-3-1-2-4-16-15(12-22)19(23)26-25-16/h5-10H,1-4,11H2,(H,24,27)(H3,23,25,26). The number of H-pyrrole nitrogens is 1. The molecular weight excluding hydrogens is 361 g/mol. The molecule has 0 atom stereocenters. The summed E-state index contributed by atoms with van der Waals surface area (Å²) in [6, 6.07) is 11.2. The summed E-state index contributed by atoms with van der Waals surface area (Å²) in [4.78, 5) is 12.2. The Bertz CT molecular complexity index is 985. The second kappa shape index (κ2) is 8.86. The van der Waals surface area contributed by atoms with E-state index in [1.807, 2.05) is 6.07 Å². The number of aromatic amines is 1. The second-order valence-electron chi connectivity index (χ2n) is 6.31. The number of halogens is 1. The van der Waals surface area contributed by atoms with Crippen molar-refractivity contribution in [1.29, 1.82) is 5.26 Å². The average molecular weight is 381 g/mol. The van der Waals surface area contributed by atoms with Crippen molar-refractivity contribution in [3.05, 3.63) is 59.2 Å². The summed E-state index contributed by atoms with van der Waals surface area (Å²) in [7, 11) is 0. The molecule has 3 aromatic rings. The van der Waals surface area contributed by atoms with Crippen molar-refractivity contribution in [2.24, 2.45) is 0 Å². The van der Waals surface area contributed by atoms with E-state index in [0.29, 0.717) is 29.9 Å². The van der Waals surface area contributed by atoms with E-state index in [1.165, 1.54) is 12.1 Å². The number of amides is 1. The number of furan rings is 1. The van der Waals surface area contributed by atoms with Crippen molar-refractivity contribution in [3.63, 3.8) is 0 Å². The molecule has 0 saturated heterocycles. The summed E-state index contributed by atoms with van der Waals surface area (Å²) in [5, 5.41) is 18.4. The Labute approximate surface area is 161 Å². The number of nitrogens with two attached hydrogens (primary N) is 1. The van der Waals surface area contributed by atoms with Gasteiger partial charge in [0, 0.05) is 12.1 Å². The molecule has 0 aliphatic heterocycles. The minimum atomic E-state index is -0.326. The van der Waals surface area contributed by atoms with Crippen LogP contribution in [-0.2, 0) is 6.42 Å². The Balaban J connectivity index is 1.40. The Morgan fingerprint density at radius 1 is 1.21 bits per heavy atom. The minimum absolute atomic E-state index is 0.214. The number of nitriles is 1. The number of hydrogen-bond acceptors (Lipinski definition) is 5. The number of anilines is 1. The van der Waals surface area contributed by atoms with Crippen molar-refractivity contribution < 1.29 is 13.6 Å². The maximum absolute atomic E-state index is 13.0. The molecule has 0 unspecified atom stereocenters. The quantitative estimate of drug-likeness (QED) is 0.516. The molecule has 0 aliphatic carbocycles. The molecule has 0 fully saturated rings. The van der Waals surface area contributed by atoms with E-state index in [-0.39, 0.29) is 23.3 Å². The summed E-state index contributed by atoms with van der Waals surface area (Å²) >= 11 is 0. The van der Waals surface area contributed by atoms with Gasteiger partial charge in [-0.15, -0.1) is 0 Å². The van der Waals surface area contributed by atoms with E-state index in [2.05, 4.69) is 15.5 Å². The number of aromatic nitrogens is 2. The monoisotopic (exact) mass is 381 g/mol. The predicted octanol–water partition coefficient (Wildman–Crippen LogP) is 3.41. The number of nitrogens with zero attached hydrogens (tertiary/aromatic N) is 2. The van der Waals surface area contributed by atoms with E-state index in [9.17, 15) is 9.18 Å². The van der Waals surface area contributed by atoms with Gasteiger partial charge in [0.1, 0.15) is 23.2 Å². The lowest BCUT2D eigenvalue weighted by Gasteiger charge is -2.03. The normalized spacial score (nSPS) is 10.6. The van der Waals surface area contributed by atoms with Crippen LogP contribution in [0.15, 0.2) is 40.8 Å². The minimum Gasteiger partial charge on any atom is -0.451 e. The van der Waals surface area contributed by atoms with E-state index in [1.54, 1.807) is 24.3 Å². The molecule has 1 amide bonds. The smallest absolute Gasteiger partial charge is 0.287 e. The van der Waals surface area contributed by atoms with Crippen LogP contribution < -0.4 is 11.1 Å². The summed E-state index contributed by atoms with van der Waals surface area (Å²) < 4.78 is 18.5. The first-order chi connectivity index (χ1) is 13.6. The lowest BCUT2D eigenvalue weighted by molar-refractivity contribution is 0.0926. The fraction of sp³-hybridized carbons (Fsp3) is 0.250. The molecule has 0 radical (unpaired) electrons. The molecular formula is C20H20FN5O2. The molecule has 0 spiro atoms.